The topological polar surface area (TPSA) is 59.5 Å². The van der Waals surface area contributed by atoms with Gasteiger partial charge < -0.3 is 9.64 Å². The molecule has 1 aromatic heterocycles. The number of anilines is 1. The molecule has 1 aliphatic rings. The summed E-state index contributed by atoms with van der Waals surface area (Å²) in [5.74, 6) is -0.0467. The number of para-hydroxylation sites is 1. The molecule has 2 aromatic carbocycles. The second-order valence-electron chi connectivity index (χ2n) is 6.08. The highest BCUT2D eigenvalue weighted by Crippen LogP contribution is 2.38. The van der Waals surface area contributed by atoms with Gasteiger partial charge in [0.1, 0.15) is 10.8 Å². The molecule has 5 nitrogen and oxygen atoms in total. The summed E-state index contributed by atoms with van der Waals surface area (Å²) >= 11 is 7.18. The second kappa shape index (κ2) is 6.70. The van der Waals surface area contributed by atoms with Gasteiger partial charge in [-0.25, -0.2) is 4.98 Å². The summed E-state index contributed by atoms with van der Waals surface area (Å²) in [4.78, 5) is 30.1. The van der Waals surface area contributed by atoms with E-state index in [1.165, 1.54) is 0 Å². The van der Waals surface area contributed by atoms with Crippen LogP contribution < -0.4 is 9.64 Å². The highest BCUT2D eigenvalue weighted by Gasteiger charge is 2.35. The molecule has 1 amide bonds. The molecular formula is C19H15ClN2O3S. The van der Waals surface area contributed by atoms with Gasteiger partial charge in [-0.1, -0.05) is 12.1 Å². The summed E-state index contributed by atoms with van der Waals surface area (Å²) in [6.07, 6.45) is 0.122. The molecule has 4 rings (SSSR count). The van der Waals surface area contributed by atoms with Gasteiger partial charge in [0, 0.05) is 18.5 Å². The maximum absolute atomic E-state index is 12.4. The summed E-state index contributed by atoms with van der Waals surface area (Å²) in [5, 5.41) is 0.383. The van der Waals surface area contributed by atoms with Crippen LogP contribution in [0.4, 0.5) is 5.69 Å². The number of carbonyl (C=O) groups is 2. The van der Waals surface area contributed by atoms with Crippen LogP contribution in [0.3, 0.4) is 0 Å². The van der Waals surface area contributed by atoms with Crippen LogP contribution in [0.5, 0.6) is 5.75 Å². The van der Waals surface area contributed by atoms with Gasteiger partial charge in [-0.2, -0.15) is 0 Å². The SMILES string of the molecule is COc1ccc(-c2nc3ccccc3s2)cc1N1CC(C(=O)Cl)CC1=O. The monoisotopic (exact) mass is 386 g/mol. The molecule has 1 saturated heterocycles. The van der Waals surface area contributed by atoms with E-state index < -0.39 is 11.2 Å². The predicted molar refractivity (Wildman–Crippen MR) is 103 cm³/mol. The predicted octanol–water partition coefficient (Wildman–Crippen LogP) is 4.09. The van der Waals surface area contributed by atoms with E-state index in [0.29, 0.717) is 11.4 Å². The first-order valence-corrected chi connectivity index (χ1v) is 9.30. The van der Waals surface area contributed by atoms with Crippen LogP contribution >= 0.6 is 22.9 Å². The minimum atomic E-state index is -0.486. The van der Waals surface area contributed by atoms with Crippen molar-refractivity contribution in [2.45, 2.75) is 6.42 Å². The van der Waals surface area contributed by atoms with Crippen molar-refractivity contribution in [1.82, 2.24) is 4.98 Å². The van der Waals surface area contributed by atoms with Crippen molar-refractivity contribution in [2.24, 2.45) is 5.92 Å². The van der Waals surface area contributed by atoms with Gasteiger partial charge in [-0.05, 0) is 41.9 Å². The van der Waals surface area contributed by atoms with Crippen molar-refractivity contribution in [3.8, 4) is 16.3 Å². The number of fused-ring (bicyclic) bond motifs is 1. The second-order valence-corrected chi connectivity index (χ2v) is 7.49. The number of methoxy groups -OCH3 is 1. The van der Waals surface area contributed by atoms with Gasteiger partial charge >= 0.3 is 0 Å². The summed E-state index contributed by atoms with van der Waals surface area (Å²) in [7, 11) is 1.56. The molecule has 26 heavy (non-hydrogen) atoms. The van der Waals surface area contributed by atoms with Crippen molar-refractivity contribution in [3.63, 3.8) is 0 Å². The molecule has 0 spiro atoms. The molecule has 1 atom stereocenters. The average molecular weight is 387 g/mol. The van der Waals surface area contributed by atoms with Crippen molar-refractivity contribution in [3.05, 3.63) is 42.5 Å². The van der Waals surface area contributed by atoms with Gasteiger partial charge in [-0.3, -0.25) is 9.59 Å². The summed E-state index contributed by atoms with van der Waals surface area (Å²) in [6, 6.07) is 13.6. The minimum absolute atomic E-state index is 0.122. The molecular weight excluding hydrogens is 372 g/mol. The van der Waals surface area contributed by atoms with Crippen LogP contribution in [0.15, 0.2) is 42.5 Å². The van der Waals surface area contributed by atoms with Crippen LogP contribution in [0, 0.1) is 5.92 Å². The van der Waals surface area contributed by atoms with Crippen LogP contribution in [-0.2, 0) is 9.59 Å². The zero-order valence-corrected chi connectivity index (χ0v) is 15.5. The van der Waals surface area contributed by atoms with Gasteiger partial charge in [0.2, 0.25) is 11.1 Å². The number of amides is 1. The number of hydrogen-bond donors (Lipinski definition) is 0. The third kappa shape index (κ3) is 2.95. The number of benzene rings is 2. The number of hydrogen-bond acceptors (Lipinski definition) is 5. The summed E-state index contributed by atoms with van der Waals surface area (Å²) in [5.41, 5.74) is 2.47. The van der Waals surface area contributed by atoms with E-state index in [4.69, 9.17) is 16.3 Å². The largest absolute Gasteiger partial charge is 0.495 e. The Balaban J connectivity index is 1.76. The first-order chi connectivity index (χ1) is 12.6. The van der Waals surface area contributed by atoms with Crippen LogP contribution in [0.25, 0.3) is 20.8 Å². The molecule has 0 radical (unpaired) electrons. The van der Waals surface area contributed by atoms with Gasteiger partial charge in [0.05, 0.1) is 28.9 Å². The van der Waals surface area contributed by atoms with E-state index in [9.17, 15) is 9.59 Å². The standard InChI is InChI=1S/C19H15ClN2O3S/c1-25-15-7-6-11(19-21-13-4-2-3-5-16(13)26-19)8-14(15)22-10-12(18(20)24)9-17(22)23/h2-8,12H,9-10H2,1H3. The lowest BCUT2D eigenvalue weighted by molar-refractivity contribution is -0.120. The fourth-order valence-electron chi connectivity index (χ4n) is 3.12. The Hall–Kier alpha value is -2.44. The number of carbonyl (C=O) groups excluding carboxylic acids is 2. The quantitative estimate of drug-likeness (QED) is 0.633. The Morgan fingerprint density at radius 1 is 1.31 bits per heavy atom. The summed E-state index contributed by atoms with van der Waals surface area (Å²) < 4.78 is 6.52. The lowest BCUT2D eigenvalue weighted by Gasteiger charge is -2.20. The third-order valence-electron chi connectivity index (χ3n) is 4.46. The maximum Gasteiger partial charge on any atom is 0.227 e. The number of ether oxygens (including phenoxy) is 1. The number of thiazole rings is 1. The van der Waals surface area contributed by atoms with E-state index >= 15 is 0 Å². The molecule has 1 unspecified atom stereocenters. The number of nitrogens with zero attached hydrogens (tertiary/aromatic N) is 2. The highest BCUT2D eigenvalue weighted by molar-refractivity contribution is 7.21. The number of aromatic nitrogens is 1. The molecule has 0 N–H and O–H groups in total. The van der Waals surface area contributed by atoms with Gasteiger partial charge in [0.25, 0.3) is 0 Å². The molecule has 1 fully saturated rings. The lowest BCUT2D eigenvalue weighted by atomic mass is 10.1. The van der Waals surface area contributed by atoms with Crippen LogP contribution in [0.1, 0.15) is 6.42 Å². The van der Waals surface area contributed by atoms with Gasteiger partial charge in [-0.15, -0.1) is 11.3 Å². The van der Waals surface area contributed by atoms with E-state index in [1.807, 2.05) is 42.5 Å². The molecule has 132 valence electrons. The first-order valence-electron chi connectivity index (χ1n) is 8.10. The Bertz CT molecular complexity index is 984. The normalized spacial score (nSPS) is 17.1. The molecule has 1 aliphatic heterocycles. The maximum atomic E-state index is 12.4. The van der Waals surface area contributed by atoms with Crippen LogP contribution in [-0.4, -0.2) is 29.8 Å². The Labute approximate surface area is 159 Å². The molecule has 0 saturated carbocycles. The van der Waals surface area contributed by atoms with E-state index in [0.717, 1.165) is 20.8 Å². The number of rotatable bonds is 4. The fraction of sp³-hybridized carbons (Fsp3) is 0.211. The van der Waals surface area contributed by atoms with Crippen molar-refractivity contribution < 1.29 is 14.3 Å². The molecule has 2 heterocycles. The van der Waals surface area contributed by atoms with E-state index in [2.05, 4.69) is 4.98 Å². The first kappa shape index (κ1) is 17.0. The highest BCUT2D eigenvalue weighted by atomic mass is 35.5. The van der Waals surface area contributed by atoms with E-state index in [1.54, 1.807) is 23.3 Å². The minimum Gasteiger partial charge on any atom is -0.495 e. The zero-order valence-electron chi connectivity index (χ0n) is 13.9. The third-order valence-corrected chi connectivity index (χ3v) is 5.85. The Morgan fingerprint density at radius 2 is 2.12 bits per heavy atom. The Kier molecular flexibility index (Phi) is 4.38. The molecule has 0 bridgehead atoms. The fourth-order valence-corrected chi connectivity index (χ4v) is 4.23. The Morgan fingerprint density at radius 3 is 2.81 bits per heavy atom. The van der Waals surface area contributed by atoms with E-state index in [-0.39, 0.29) is 18.9 Å². The van der Waals surface area contributed by atoms with Crippen molar-refractivity contribution in [2.75, 3.05) is 18.6 Å². The zero-order chi connectivity index (χ0) is 18.3. The van der Waals surface area contributed by atoms with Crippen molar-refractivity contribution in [1.29, 1.82) is 0 Å². The average Bonchev–Trinajstić information content (AvgIpc) is 3.24. The smallest absolute Gasteiger partial charge is 0.227 e. The lowest BCUT2D eigenvalue weighted by Crippen LogP contribution is -2.25. The van der Waals surface area contributed by atoms with Crippen LogP contribution in [0.2, 0.25) is 0 Å². The molecule has 0 aliphatic carbocycles. The molecule has 7 heteroatoms. The van der Waals surface area contributed by atoms with Crippen molar-refractivity contribution >= 4 is 50.0 Å². The number of halogens is 1. The van der Waals surface area contributed by atoms with Gasteiger partial charge in [0.15, 0.2) is 0 Å². The molecule has 3 aromatic rings. The summed E-state index contributed by atoms with van der Waals surface area (Å²) in [6.45, 7) is 0.265.